The number of hydrogen-bond donors (Lipinski definition) is 1. The molecule has 1 aromatic heterocycles. The van der Waals surface area contributed by atoms with Gasteiger partial charge in [-0.3, -0.25) is 9.78 Å². The SMILES string of the molecule is CCCN(C(=O)c1cc(Cl)cc(OC[C@H](C)Nc2ccncc2)c1)C(C)C. The van der Waals surface area contributed by atoms with E-state index in [4.69, 9.17) is 16.3 Å². The topological polar surface area (TPSA) is 54.5 Å². The lowest BCUT2D eigenvalue weighted by Gasteiger charge is -2.26. The zero-order chi connectivity index (χ0) is 19.8. The highest BCUT2D eigenvalue weighted by Gasteiger charge is 2.19. The van der Waals surface area contributed by atoms with Gasteiger partial charge in [-0.05, 0) is 57.5 Å². The standard InChI is InChI=1S/C21H28ClN3O2/c1-5-10-25(15(2)3)21(26)17-11-18(22)13-20(12-17)27-14-16(4)24-19-6-8-23-9-7-19/h6-9,11-13,15-16H,5,10,14H2,1-4H3,(H,23,24)/t16-/m0/s1. The van der Waals surface area contributed by atoms with Crippen LogP contribution in [0.1, 0.15) is 44.5 Å². The number of pyridine rings is 1. The number of benzene rings is 1. The number of carbonyl (C=O) groups excluding carboxylic acids is 1. The molecule has 0 aliphatic rings. The van der Waals surface area contributed by atoms with E-state index in [1.807, 2.05) is 37.8 Å². The van der Waals surface area contributed by atoms with Crippen LogP contribution < -0.4 is 10.1 Å². The molecular formula is C21H28ClN3O2. The lowest BCUT2D eigenvalue weighted by atomic mass is 10.1. The first-order valence-electron chi connectivity index (χ1n) is 9.31. The van der Waals surface area contributed by atoms with Gasteiger partial charge < -0.3 is 15.0 Å². The molecule has 2 aromatic rings. The van der Waals surface area contributed by atoms with E-state index >= 15 is 0 Å². The van der Waals surface area contributed by atoms with Gasteiger partial charge in [0.15, 0.2) is 0 Å². The van der Waals surface area contributed by atoms with E-state index in [9.17, 15) is 4.79 Å². The largest absolute Gasteiger partial charge is 0.491 e. The van der Waals surface area contributed by atoms with Crippen molar-refractivity contribution in [1.82, 2.24) is 9.88 Å². The summed E-state index contributed by atoms with van der Waals surface area (Å²) in [4.78, 5) is 18.7. The summed E-state index contributed by atoms with van der Waals surface area (Å²) in [6.07, 6.45) is 4.38. The molecule has 0 spiro atoms. The molecule has 1 aromatic carbocycles. The van der Waals surface area contributed by atoms with Gasteiger partial charge in [-0.1, -0.05) is 18.5 Å². The maximum Gasteiger partial charge on any atom is 0.254 e. The van der Waals surface area contributed by atoms with Crippen molar-refractivity contribution in [1.29, 1.82) is 0 Å². The smallest absolute Gasteiger partial charge is 0.254 e. The number of halogens is 1. The average molecular weight is 390 g/mol. The van der Waals surface area contributed by atoms with Crippen LogP contribution in [-0.2, 0) is 0 Å². The number of anilines is 1. The van der Waals surface area contributed by atoms with Gasteiger partial charge in [-0.15, -0.1) is 0 Å². The van der Waals surface area contributed by atoms with E-state index < -0.39 is 0 Å². The minimum Gasteiger partial charge on any atom is -0.491 e. The Kier molecular flexibility index (Phi) is 7.92. The molecular weight excluding hydrogens is 362 g/mol. The molecule has 0 aliphatic carbocycles. The monoisotopic (exact) mass is 389 g/mol. The van der Waals surface area contributed by atoms with Crippen molar-refractivity contribution in [3.05, 3.63) is 53.3 Å². The first-order chi connectivity index (χ1) is 12.9. The highest BCUT2D eigenvalue weighted by atomic mass is 35.5. The van der Waals surface area contributed by atoms with E-state index in [-0.39, 0.29) is 18.0 Å². The summed E-state index contributed by atoms with van der Waals surface area (Å²) in [6.45, 7) is 9.28. The third-order valence-electron chi connectivity index (χ3n) is 4.06. The number of aromatic nitrogens is 1. The van der Waals surface area contributed by atoms with Crippen molar-refractivity contribution in [2.24, 2.45) is 0 Å². The van der Waals surface area contributed by atoms with Crippen LogP contribution in [0.5, 0.6) is 5.75 Å². The van der Waals surface area contributed by atoms with Gasteiger partial charge >= 0.3 is 0 Å². The van der Waals surface area contributed by atoms with Gasteiger partial charge in [0.25, 0.3) is 5.91 Å². The Morgan fingerprint density at radius 1 is 1.22 bits per heavy atom. The number of rotatable bonds is 9. The predicted octanol–water partition coefficient (Wildman–Crippen LogP) is 4.88. The fourth-order valence-corrected chi connectivity index (χ4v) is 2.99. The van der Waals surface area contributed by atoms with Crippen LogP contribution >= 0.6 is 11.6 Å². The Morgan fingerprint density at radius 3 is 2.56 bits per heavy atom. The van der Waals surface area contributed by atoms with Gasteiger partial charge in [-0.25, -0.2) is 0 Å². The maximum absolute atomic E-state index is 12.9. The van der Waals surface area contributed by atoms with Crippen LogP contribution in [0.4, 0.5) is 5.69 Å². The molecule has 1 atom stereocenters. The van der Waals surface area contributed by atoms with Crippen molar-refractivity contribution in [2.45, 2.75) is 46.2 Å². The number of nitrogens with one attached hydrogen (secondary N) is 1. The van der Waals surface area contributed by atoms with Crippen LogP contribution in [0.25, 0.3) is 0 Å². The van der Waals surface area contributed by atoms with Crippen LogP contribution in [0.3, 0.4) is 0 Å². The summed E-state index contributed by atoms with van der Waals surface area (Å²) in [5.41, 5.74) is 1.53. The maximum atomic E-state index is 12.9. The first-order valence-corrected chi connectivity index (χ1v) is 9.69. The van der Waals surface area contributed by atoms with E-state index in [1.165, 1.54) is 0 Å². The van der Waals surface area contributed by atoms with Crippen LogP contribution in [0, 0.1) is 0 Å². The Morgan fingerprint density at radius 2 is 1.93 bits per heavy atom. The number of hydrogen-bond acceptors (Lipinski definition) is 4. The van der Waals surface area contributed by atoms with Crippen molar-refractivity contribution in [3.63, 3.8) is 0 Å². The van der Waals surface area contributed by atoms with Crippen molar-refractivity contribution in [3.8, 4) is 5.75 Å². The highest BCUT2D eigenvalue weighted by molar-refractivity contribution is 6.31. The summed E-state index contributed by atoms with van der Waals surface area (Å²) in [5, 5.41) is 3.83. The summed E-state index contributed by atoms with van der Waals surface area (Å²) < 4.78 is 5.88. The quantitative estimate of drug-likeness (QED) is 0.664. The molecule has 0 bridgehead atoms. The zero-order valence-corrected chi connectivity index (χ0v) is 17.2. The van der Waals surface area contributed by atoms with Gasteiger partial charge in [0.1, 0.15) is 12.4 Å². The lowest BCUT2D eigenvalue weighted by molar-refractivity contribution is 0.0705. The van der Waals surface area contributed by atoms with Crippen LogP contribution in [0.2, 0.25) is 5.02 Å². The molecule has 0 saturated carbocycles. The Balaban J connectivity index is 2.04. The minimum atomic E-state index is -0.0258. The van der Waals surface area contributed by atoms with E-state index in [2.05, 4.69) is 17.2 Å². The van der Waals surface area contributed by atoms with Gasteiger partial charge in [0.05, 0.1) is 6.04 Å². The first kappa shape index (κ1) is 21.0. The highest BCUT2D eigenvalue weighted by Crippen LogP contribution is 2.23. The van der Waals surface area contributed by atoms with Gasteiger partial charge in [0.2, 0.25) is 0 Å². The molecule has 1 heterocycles. The fraction of sp³-hybridized carbons (Fsp3) is 0.429. The molecule has 2 rings (SSSR count). The summed E-state index contributed by atoms with van der Waals surface area (Å²) in [7, 11) is 0. The predicted molar refractivity (Wildman–Crippen MR) is 111 cm³/mol. The molecule has 6 heteroatoms. The number of carbonyl (C=O) groups is 1. The third-order valence-corrected chi connectivity index (χ3v) is 4.28. The Hall–Kier alpha value is -2.27. The van der Waals surface area contributed by atoms with Crippen LogP contribution in [0.15, 0.2) is 42.7 Å². The van der Waals surface area contributed by atoms with Crippen molar-refractivity contribution in [2.75, 3.05) is 18.5 Å². The summed E-state index contributed by atoms with van der Waals surface area (Å²) in [5.74, 6) is 0.566. The third kappa shape index (κ3) is 6.43. The Labute approximate surface area is 166 Å². The minimum absolute atomic E-state index is 0.0258. The van der Waals surface area contributed by atoms with E-state index in [0.717, 1.165) is 12.1 Å². The molecule has 5 nitrogen and oxygen atoms in total. The molecule has 146 valence electrons. The number of nitrogens with zero attached hydrogens (tertiary/aromatic N) is 2. The summed E-state index contributed by atoms with van der Waals surface area (Å²) >= 11 is 6.23. The zero-order valence-electron chi connectivity index (χ0n) is 16.4. The summed E-state index contributed by atoms with van der Waals surface area (Å²) in [6, 6.07) is 9.21. The molecule has 0 aliphatic heterocycles. The number of ether oxygens (including phenoxy) is 1. The molecule has 0 saturated heterocycles. The average Bonchev–Trinajstić information content (AvgIpc) is 2.64. The second-order valence-corrected chi connectivity index (χ2v) is 7.30. The van der Waals surface area contributed by atoms with E-state index in [0.29, 0.717) is 29.5 Å². The second-order valence-electron chi connectivity index (χ2n) is 6.86. The van der Waals surface area contributed by atoms with Crippen molar-refractivity contribution < 1.29 is 9.53 Å². The lowest BCUT2D eigenvalue weighted by Crippen LogP contribution is -2.37. The van der Waals surface area contributed by atoms with Crippen LogP contribution in [-0.4, -0.2) is 41.0 Å². The second kappa shape index (κ2) is 10.2. The van der Waals surface area contributed by atoms with Gasteiger partial charge in [0, 0.05) is 41.3 Å². The molecule has 0 radical (unpaired) electrons. The normalized spacial score (nSPS) is 11.9. The molecule has 0 fully saturated rings. The fourth-order valence-electron chi connectivity index (χ4n) is 2.77. The molecule has 27 heavy (non-hydrogen) atoms. The molecule has 1 amide bonds. The molecule has 1 N–H and O–H groups in total. The van der Waals surface area contributed by atoms with Crippen molar-refractivity contribution >= 4 is 23.2 Å². The number of amides is 1. The Bertz CT molecular complexity index is 737. The molecule has 0 unspecified atom stereocenters. The van der Waals surface area contributed by atoms with Gasteiger partial charge in [-0.2, -0.15) is 0 Å². The van der Waals surface area contributed by atoms with E-state index in [1.54, 1.807) is 30.6 Å².